The van der Waals surface area contributed by atoms with Crippen LogP contribution in [0.3, 0.4) is 0 Å². The Morgan fingerprint density at radius 3 is 2.12 bits per heavy atom. The third kappa shape index (κ3) is 4.03. The molecule has 40 heavy (non-hydrogen) atoms. The number of aliphatic carboxylic acids is 1. The maximum Gasteiger partial charge on any atom is 0.318 e. The maximum atomic E-state index is 13.3. The Morgan fingerprint density at radius 1 is 0.825 bits per heavy atom. The molecule has 2 heterocycles. The molecular weight excluding hydrogens is 498 g/mol. The summed E-state index contributed by atoms with van der Waals surface area (Å²) in [7, 11) is 0. The van der Waals surface area contributed by atoms with Gasteiger partial charge in [-0.15, -0.1) is 0 Å². The average molecular weight is 536 g/mol. The van der Waals surface area contributed by atoms with Crippen LogP contribution in [-0.4, -0.2) is 65.5 Å². The molecule has 3 aromatic carbocycles. The van der Waals surface area contributed by atoms with Gasteiger partial charge in [0.1, 0.15) is 5.41 Å². The highest BCUT2D eigenvalue weighted by Gasteiger charge is 2.49. The summed E-state index contributed by atoms with van der Waals surface area (Å²) in [6.07, 6.45) is 6.56. The molecule has 3 aromatic rings. The second kappa shape index (κ2) is 10.1. The van der Waals surface area contributed by atoms with Crippen LogP contribution in [0.2, 0.25) is 0 Å². The van der Waals surface area contributed by atoms with E-state index < -0.39 is 11.4 Å². The van der Waals surface area contributed by atoms with Gasteiger partial charge in [0.2, 0.25) is 0 Å². The molecule has 1 saturated carbocycles. The van der Waals surface area contributed by atoms with E-state index in [1.54, 1.807) is 0 Å². The molecule has 1 N–H and O–H groups in total. The number of benzene rings is 3. The van der Waals surface area contributed by atoms with Crippen molar-refractivity contribution in [1.29, 1.82) is 0 Å². The van der Waals surface area contributed by atoms with Gasteiger partial charge in [0.15, 0.2) is 0 Å². The highest BCUT2D eigenvalue weighted by molar-refractivity contribution is 5.99. The second-order valence-electron chi connectivity index (χ2n) is 11.9. The maximum absolute atomic E-state index is 13.3. The van der Waals surface area contributed by atoms with Crippen LogP contribution in [0.5, 0.6) is 0 Å². The number of anilines is 1. The summed E-state index contributed by atoms with van der Waals surface area (Å²) in [6.45, 7) is 4.96. The number of nitrogens with zero attached hydrogens (tertiary/aromatic N) is 3. The molecule has 2 fully saturated rings. The van der Waals surface area contributed by atoms with E-state index in [1.165, 1.54) is 19.3 Å². The quantitative estimate of drug-likeness (QED) is 0.449. The number of fused-ring (bicyclic) bond motifs is 4. The lowest BCUT2D eigenvalue weighted by molar-refractivity contribution is -0.142. The summed E-state index contributed by atoms with van der Waals surface area (Å²) < 4.78 is 0. The molecule has 206 valence electrons. The fourth-order valence-corrected chi connectivity index (χ4v) is 7.68. The number of carbonyl (C=O) groups excluding carboxylic acids is 1. The minimum Gasteiger partial charge on any atom is -0.480 e. The fourth-order valence-electron chi connectivity index (χ4n) is 7.68. The topological polar surface area (TPSA) is 64.1 Å². The molecule has 1 saturated heterocycles. The Bertz CT molecular complexity index is 1410. The Balaban J connectivity index is 1.03. The second-order valence-corrected chi connectivity index (χ2v) is 11.9. The zero-order valence-corrected chi connectivity index (χ0v) is 23.0. The van der Waals surface area contributed by atoms with E-state index in [0.717, 1.165) is 91.2 Å². The smallest absolute Gasteiger partial charge is 0.318 e. The van der Waals surface area contributed by atoms with Crippen molar-refractivity contribution in [1.82, 2.24) is 9.80 Å². The third-order valence-electron chi connectivity index (χ3n) is 9.91. The Kier molecular flexibility index (Phi) is 6.38. The summed E-state index contributed by atoms with van der Waals surface area (Å²) in [4.78, 5) is 33.1. The Hall–Kier alpha value is -3.64. The molecule has 4 aliphatic rings. The van der Waals surface area contributed by atoms with Crippen LogP contribution in [0.4, 0.5) is 5.69 Å². The third-order valence-corrected chi connectivity index (χ3v) is 9.91. The number of amides is 1. The summed E-state index contributed by atoms with van der Waals surface area (Å²) >= 11 is 0. The molecule has 6 heteroatoms. The standard InChI is InChI=1S/C34H37N3O3/c38-32-29-22-26(15-14-24(29)23-37(32)25-8-2-1-3-9-25)36-20-18-35(19-21-36)17-16-34(33(39)40)30-12-6-4-10-27(30)28-11-5-7-13-31(28)34/h4-7,10-15,22,25H,1-3,8-9,16-21,23H2,(H,39,40). The van der Waals surface area contributed by atoms with Gasteiger partial charge in [-0.05, 0) is 59.2 Å². The molecular formula is C34H37N3O3. The van der Waals surface area contributed by atoms with Crippen LogP contribution in [0.15, 0.2) is 66.7 Å². The summed E-state index contributed by atoms with van der Waals surface area (Å²) in [5.41, 5.74) is 6.05. The lowest BCUT2D eigenvalue weighted by atomic mass is 9.75. The molecule has 2 aliphatic carbocycles. The Morgan fingerprint density at radius 2 is 1.48 bits per heavy atom. The molecule has 6 nitrogen and oxygen atoms in total. The molecule has 0 radical (unpaired) electrons. The van der Waals surface area contributed by atoms with Crippen molar-refractivity contribution in [3.8, 4) is 11.1 Å². The van der Waals surface area contributed by atoms with E-state index in [4.69, 9.17) is 0 Å². The predicted molar refractivity (Wildman–Crippen MR) is 157 cm³/mol. The number of piperazine rings is 1. The first-order valence-corrected chi connectivity index (χ1v) is 14.9. The minimum atomic E-state index is -1.02. The van der Waals surface area contributed by atoms with Gasteiger partial charge in [0.25, 0.3) is 5.91 Å². The van der Waals surface area contributed by atoms with Gasteiger partial charge in [-0.1, -0.05) is 73.9 Å². The van der Waals surface area contributed by atoms with Crippen LogP contribution in [0.25, 0.3) is 11.1 Å². The summed E-state index contributed by atoms with van der Waals surface area (Å²) in [5.74, 6) is -0.563. The molecule has 0 aromatic heterocycles. The van der Waals surface area contributed by atoms with E-state index in [1.807, 2.05) is 48.5 Å². The van der Waals surface area contributed by atoms with E-state index in [-0.39, 0.29) is 5.91 Å². The van der Waals surface area contributed by atoms with Gasteiger partial charge in [0, 0.05) is 56.6 Å². The highest BCUT2D eigenvalue weighted by Crippen LogP contribution is 2.51. The van der Waals surface area contributed by atoms with Gasteiger partial charge in [-0.2, -0.15) is 0 Å². The average Bonchev–Trinajstić information content (AvgIpc) is 3.49. The van der Waals surface area contributed by atoms with Crippen molar-refractivity contribution in [2.45, 2.75) is 56.5 Å². The number of hydrogen-bond acceptors (Lipinski definition) is 4. The van der Waals surface area contributed by atoms with Gasteiger partial charge in [0.05, 0.1) is 0 Å². The van der Waals surface area contributed by atoms with Crippen molar-refractivity contribution >= 4 is 17.6 Å². The van der Waals surface area contributed by atoms with Crippen molar-refractivity contribution in [2.75, 3.05) is 37.6 Å². The van der Waals surface area contributed by atoms with Crippen LogP contribution >= 0.6 is 0 Å². The predicted octanol–water partition coefficient (Wildman–Crippen LogP) is 5.54. The highest BCUT2D eigenvalue weighted by atomic mass is 16.4. The SMILES string of the molecule is O=C1c2cc(N3CCN(CCC4(C(=O)O)c5ccccc5-c5ccccc54)CC3)ccc2CN1C1CCCCC1. The van der Waals surface area contributed by atoms with Gasteiger partial charge < -0.3 is 14.9 Å². The first-order chi connectivity index (χ1) is 19.6. The first kappa shape index (κ1) is 25.3. The van der Waals surface area contributed by atoms with Crippen molar-refractivity contribution in [3.05, 3.63) is 89.0 Å². The molecule has 1 amide bonds. The summed E-state index contributed by atoms with van der Waals surface area (Å²) in [5, 5.41) is 10.6. The van der Waals surface area contributed by atoms with Gasteiger partial charge >= 0.3 is 5.97 Å². The zero-order chi connectivity index (χ0) is 27.3. The van der Waals surface area contributed by atoms with Crippen molar-refractivity contribution in [2.24, 2.45) is 0 Å². The molecule has 2 aliphatic heterocycles. The van der Waals surface area contributed by atoms with Crippen LogP contribution in [0.1, 0.15) is 65.6 Å². The minimum absolute atomic E-state index is 0.207. The molecule has 0 spiro atoms. The number of carboxylic acids is 1. The van der Waals surface area contributed by atoms with E-state index in [0.29, 0.717) is 12.5 Å². The summed E-state index contributed by atoms with van der Waals surface area (Å²) in [6, 6.07) is 22.8. The van der Waals surface area contributed by atoms with Crippen LogP contribution in [0, 0.1) is 0 Å². The van der Waals surface area contributed by atoms with Crippen molar-refractivity contribution < 1.29 is 14.7 Å². The number of hydrogen-bond donors (Lipinski definition) is 1. The largest absolute Gasteiger partial charge is 0.480 e. The fraction of sp³-hybridized carbons (Fsp3) is 0.412. The van der Waals surface area contributed by atoms with Crippen LogP contribution in [-0.2, 0) is 16.8 Å². The van der Waals surface area contributed by atoms with E-state index in [9.17, 15) is 14.7 Å². The van der Waals surface area contributed by atoms with Crippen molar-refractivity contribution in [3.63, 3.8) is 0 Å². The molecule has 0 bridgehead atoms. The van der Waals surface area contributed by atoms with Gasteiger partial charge in [-0.3, -0.25) is 14.5 Å². The molecule has 7 rings (SSSR count). The zero-order valence-electron chi connectivity index (χ0n) is 23.0. The Labute approximate surface area is 236 Å². The monoisotopic (exact) mass is 535 g/mol. The molecule has 0 unspecified atom stereocenters. The van der Waals surface area contributed by atoms with Crippen LogP contribution < -0.4 is 4.90 Å². The van der Waals surface area contributed by atoms with Gasteiger partial charge in [-0.25, -0.2) is 0 Å². The lowest BCUT2D eigenvalue weighted by Crippen LogP contribution is -2.48. The number of rotatable bonds is 6. The number of carbonyl (C=O) groups is 2. The molecule has 0 atom stereocenters. The van der Waals surface area contributed by atoms with E-state index in [2.05, 4.69) is 32.9 Å². The number of carboxylic acid groups (broad SMARTS) is 1. The lowest BCUT2D eigenvalue weighted by Gasteiger charge is -2.38. The first-order valence-electron chi connectivity index (χ1n) is 14.9. The van der Waals surface area contributed by atoms with E-state index >= 15 is 0 Å². The normalized spacial score (nSPS) is 20.4.